The summed E-state index contributed by atoms with van der Waals surface area (Å²) < 4.78 is 97.4. The van der Waals surface area contributed by atoms with Crippen molar-refractivity contribution in [3.63, 3.8) is 0 Å². The van der Waals surface area contributed by atoms with Crippen LogP contribution in [0.1, 0.15) is 6.92 Å². The normalized spacial score (nSPS) is 15.2. The lowest BCUT2D eigenvalue weighted by Crippen LogP contribution is -2.51. The van der Waals surface area contributed by atoms with Crippen molar-refractivity contribution in [3.05, 3.63) is 0 Å². The molecule has 0 unspecified atom stereocenters. The van der Waals surface area contributed by atoms with Crippen LogP contribution in [0.2, 0.25) is 0 Å². The quantitative estimate of drug-likeness (QED) is 0.584. The Balaban J connectivity index is 5.15. The van der Waals surface area contributed by atoms with Crippen molar-refractivity contribution in [1.29, 1.82) is 0 Å². The van der Waals surface area contributed by atoms with Crippen LogP contribution in [0.25, 0.3) is 0 Å². The van der Waals surface area contributed by atoms with Crippen molar-refractivity contribution in [2.75, 3.05) is 12.9 Å². The largest absolute Gasteiger partial charge is 0.405 e. The van der Waals surface area contributed by atoms with E-state index in [9.17, 15) is 34.8 Å². The average molecular weight is 274 g/mol. The Hall–Kier alpha value is -0.510. The molecule has 0 aromatic rings. The molecule has 0 aliphatic carbocycles. The third-order valence-electron chi connectivity index (χ3n) is 1.81. The second-order valence-corrected chi connectivity index (χ2v) is 4.94. The summed E-state index contributed by atoms with van der Waals surface area (Å²) in [6, 6.07) is 0. The molecule has 98 valence electrons. The average Bonchev–Trinajstić information content (AvgIpc) is 1.93. The van der Waals surface area contributed by atoms with Crippen LogP contribution in [0, 0.1) is 5.41 Å². The highest BCUT2D eigenvalue weighted by Gasteiger charge is 2.68. The van der Waals surface area contributed by atoms with Gasteiger partial charge in [-0.2, -0.15) is 34.8 Å². The van der Waals surface area contributed by atoms with Gasteiger partial charge in [-0.25, -0.2) is 0 Å². The molecule has 10 heteroatoms. The third kappa shape index (κ3) is 3.51. The summed E-state index contributed by atoms with van der Waals surface area (Å²) in [7, 11) is -4.38. The predicted octanol–water partition coefficient (Wildman–Crippen LogP) is 2.09. The molecule has 0 aliphatic heterocycles. The van der Waals surface area contributed by atoms with Gasteiger partial charge in [-0.1, -0.05) is 0 Å². The topological polar surface area (TPSA) is 43.4 Å². The van der Waals surface area contributed by atoms with Crippen LogP contribution >= 0.6 is 0 Å². The summed E-state index contributed by atoms with van der Waals surface area (Å²) in [4.78, 5) is 0. The minimum Gasteiger partial charge on any atom is -0.269 e. The van der Waals surface area contributed by atoms with E-state index in [0.29, 0.717) is 6.26 Å². The van der Waals surface area contributed by atoms with Gasteiger partial charge in [0.25, 0.3) is 10.1 Å². The lowest BCUT2D eigenvalue weighted by Gasteiger charge is -2.32. The van der Waals surface area contributed by atoms with E-state index in [1.807, 2.05) is 0 Å². The maximum Gasteiger partial charge on any atom is 0.405 e. The van der Waals surface area contributed by atoms with Crippen LogP contribution in [0.3, 0.4) is 0 Å². The molecule has 0 aromatic heterocycles. The molecule has 0 N–H and O–H groups in total. The van der Waals surface area contributed by atoms with E-state index in [4.69, 9.17) is 0 Å². The fourth-order valence-corrected chi connectivity index (χ4v) is 0.999. The van der Waals surface area contributed by atoms with Gasteiger partial charge >= 0.3 is 12.4 Å². The number of hydrogen-bond donors (Lipinski definition) is 0. The van der Waals surface area contributed by atoms with E-state index in [1.165, 1.54) is 0 Å². The standard InChI is InChI=1S/C6H8F6O3S/c1-4(5(7,8)9,6(10,11)12)3-15-16(2,13)14/h3H2,1-2H3. The van der Waals surface area contributed by atoms with Crippen LogP contribution in [0.4, 0.5) is 26.3 Å². The van der Waals surface area contributed by atoms with E-state index in [1.54, 1.807) is 0 Å². The molecule has 0 atom stereocenters. The predicted molar refractivity (Wildman–Crippen MR) is 41.0 cm³/mol. The van der Waals surface area contributed by atoms with E-state index < -0.39 is 34.5 Å². The molecular weight excluding hydrogens is 266 g/mol. The smallest absolute Gasteiger partial charge is 0.269 e. The SMILES string of the molecule is CC(COS(C)(=O)=O)(C(F)(F)F)C(F)(F)F. The molecule has 0 aromatic carbocycles. The number of halogens is 6. The van der Waals surface area contributed by atoms with Gasteiger partial charge in [0.15, 0.2) is 5.41 Å². The molecule has 0 fully saturated rings. The molecule has 0 bridgehead atoms. The van der Waals surface area contributed by atoms with Crippen molar-refractivity contribution >= 4 is 10.1 Å². The highest BCUT2D eigenvalue weighted by atomic mass is 32.2. The molecule has 0 spiro atoms. The van der Waals surface area contributed by atoms with E-state index in [-0.39, 0.29) is 6.92 Å². The van der Waals surface area contributed by atoms with Crippen LogP contribution in [-0.2, 0) is 14.3 Å². The molecular formula is C6H8F6O3S. The second kappa shape index (κ2) is 4.06. The van der Waals surface area contributed by atoms with E-state index in [0.717, 1.165) is 0 Å². The van der Waals surface area contributed by atoms with Gasteiger partial charge in [-0.15, -0.1) is 0 Å². The minimum absolute atomic E-state index is 0.168. The molecule has 0 saturated carbocycles. The van der Waals surface area contributed by atoms with Gasteiger partial charge in [-0.3, -0.25) is 4.18 Å². The first-order valence-corrected chi connectivity index (χ1v) is 5.50. The Labute approximate surface area is 87.5 Å². The highest BCUT2D eigenvalue weighted by molar-refractivity contribution is 7.85. The summed E-state index contributed by atoms with van der Waals surface area (Å²) in [5, 5.41) is 0. The first-order valence-electron chi connectivity index (χ1n) is 3.68. The Morgan fingerprint density at radius 3 is 1.50 bits per heavy atom. The van der Waals surface area contributed by atoms with Crippen LogP contribution in [-0.4, -0.2) is 33.6 Å². The van der Waals surface area contributed by atoms with Gasteiger partial charge in [-0.05, 0) is 6.92 Å². The monoisotopic (exact) mass is 274 g/mol. The molecule has 0 radical (unpaired) electrons. The number of rotatable bonds is 3. The fraction of sp³-hybridized carbons (Fsp3) is 1.00. The summed E-state index contributed by atoms with van der Waals surface area (Å²) in [5.74, 6) is 0. The summed E-state index contributed by atoms with van der Waals surface area (Å²) in [6.45, 7) is -2.20. The summed E-state index contributed by atoms with van der Waals surface area (Å²) in [6.07, 6.45) is -11.0. The zero-order valence-electron chi connectivity index (χ0n) is 8.11. The van der Waals surface area contributed by atoms with Crippen LogP contribution < -0.4 is 0 Å². The lowest BCUT2D eigenvalue weighted by atomic mass is 9.90. The fourth-order valence-electron chi connectivity index (χ4n) is 0.549. The van der Waals surface area contributed by atoms with Crippen molar-refractivity contribution in [2.45, 2.75) is 19.3 Å². The van der Waals surface area contributed by atoms with Crippen molar-refractivity contribution in [3.8, 4) is 0 Å². The Bertz CT molecular complexity index is 326. The lowest BCUT2D eigenvalue weighted by molar-refractivity contribution is -0.340. The Morgan fingerprint density at radius 2 is 1.31 bits per heavy atom. The Kier molecular flexibility index (Phi) is 3.93. The third-order valence-corrected chi connectivity index (χ3v) is 2.36. The summed E-state index contributed by atoms with van der Waals surface area (Å²) >= 11 is 0. The zero-order valence-corrected chi connectivity index (χ0v) is 8.92. The van der Waals surface area contributed by atoms with Gasteiger partial charge in [0, 0.05) is 0 Å². The molecule has 0 amide bonds. The van der Waals surface area contributed by atoms with Crippen molar-refractivity contribution in [2.24, 2.45) is 5.41 Å². The molecule has 0 rings (SSSR count). The Morgan fingerprint density at radius 1 is 1.00 bits per heavy atom. The van der Waals surface area contributed by atoms with Gasteiger partial charge in [0.05, 0.1) is 12.9 Å². The van der Waals surface area contributed by atoms with Crippen molar-refractivity contribution < 1.29 is 38.9 Å². The highest BCUT2D eigenvalue weighted by Crippen LogP contribution is 2.50. The minimum atomic E-state index is -5.66. The molecule has 0 heterocycles. The van der Waals surface area contributed by atoms with Gasteiger partial charge < -0.3 is 0 Å². The van der Waals surface area contributed by atoms with Crippen LogP contribution in [0.5, 0.6) is 0 Å². The second-order valence-electron chi connectivity index (χ2n) is 3.29. The zero-order chi connectivity index (χ0) is 13.4. The molecule has 0 saturated heterocycles. The molecule has 0 aliphatic rings. The van der Waals surface area contributed by atoms with Crippen molar-refractivity contribution in [1.82, 2.24) is 0 Å². The first kappa shape index (κ1) is 15.5. The van der Waals surface area contributed by atoms with Crippen LogP contribution in [0.15, 0.2) is 0 Å². The first-order chi connectivity index (χ1) is 6.71. The van der Waals surface area contributed by atoms with Gasteiger partial charge in [0.1, 0.15) is 0 Å². The molecule has 3 nitrogen and oxygen atoms in total. The maximum atomic E-state index is 12.2. The maximum absolute atomic E-state index is 12.2. The summed E-state index contributed by atoms with van der Waals surface area (Å²) in [5.41, 5.74) is -4.22. The van der Waals surface area contributed by atoms with E-state index in [2.05, 4.69) is 4.18 Å². The number of hydrogen-bond acceptors (Lipinski definition) is 3. The molecule has 16 heavy (non-hydrogen) atoms. The van der Waals surface area contributed by atoms with Gasteiger partial charge in [0.2, 0.25) is 0 Å². The van der Waals surface area contributed by atoms with E-state index >= 15 is 0 Å². The number of alkyl halides is 6.